The van der Waals surface area contributed by atoms with Crippen molar-refractivity contribution in [3.63, 3.8) is 0 Å². The molecule has 0 radical (unpaired) electrons. The lowest BCUT2D eigenvalue weighted by molar-refractivity contribution is -0.142. The van der Waals surface area contributed by atoms with Gasteiger partial charge in [-0.1, -0.05) is 30.3 Å². The van der Waals surface area contributed by atoms with Crippen molar-refractivity contribution in [3.05, 3.63) is 60.2 Å². The quantitative estimate of drug-likeness (QED) is 0.618. The summed E-state index contributed by atoms with van der Waals surface area (Å²) in [6.07, 6.45) is -0.0910. The first-order chi connectivity index (χ1) is 12.6. The molecule has 0 saturated carbocycles. The molecule has 0 aliphatic rings. The van der Waals surface area contributed by atoms with Crippen LogP contribution in [0, 0.1) is 5.82 Å². The summed E-state index contributed by atoms with van der Waals surface area (Å²) < 4.78 is 29.8. The monoisotopic (exact) mass is 355 g/mol. The molecule has 0 aliphatic carbocycles. The molecule has 0 unspecified atom stereocenters. The molecule has 3 aromatic rings. The average molecular weight is 355 g/mol. The van der Waals surface area contributed by atoms with Crippen LogP contribution in [0.5, 0.6) is 5.75 Å². The van der Waals surface area contributed by atoms with Gasteiger partial charge in [0, 0.05) is 11.1 Å². The molecule has 0 saturated heterocycles. The molecule has 26 heavy (non-hydrogen) atoms. The third-order valence-electron chi connectivity index (χ3n) is 3.73. The molecule has 2 aromatic carbocycles. The zero-order valence-electron chi connectivity index (χ0n) is 14.5. The predicted molar refractivity (Wildman–Crippen MR) is 94.2 cm³/mol. The van der Waals surface area contributed by atoms with Crippen LogP contribution in [0.1, 0.15) is 12.8 Å². The summed E-state index contributed by atoms with van der Waals surface area (Å²) in [6, 6.07) is 13.9. The number of carbonyl (C=O) groups excluding carboxylic acids is 1. The predicted octanol–water partition coefficient (Wildman–Crippen LogP) is 4.26. The highest BCUT2D eigenvalue weighted by Gasteiger charge is 2.20. The molecule has 6 heteroatoms. The first kappa shape index (κ1) is 17.7. The lowest BCUT2D eigenvalue weighted by atomic mass is 10.1. The Morgan fingerprint density at radius 3 is 2.58 bits per heavy atom. The number of esters is 1. The Morgan fingerprint density at radius 1 is 1.15 bits per heavy atom. The van der Waals surface area contributed by atoms with Crippen molar-refractivity contribution in [1.29, 1.82) is 0 Å². The Balaban J connectivity index is 2.06. The van der Waals surface area contributed by atoms with Crippen molar-refractivity contribution in [3.8, 4) is 28.3 Å². The van der Waals surface area contributed by atoms with Crippen molar-refractivity contribution in [1.82, 2.24) is 4.98 Å². The number of halogens is 1. The molecule has 0 N–H and O–H groups in total. The van der Waals surface area contributed by atoms with Crippen LogP contribution in [0.15, 0.2) is 52.9 Å². The Morgan fingerprint density at radius 2 is 1.92 bits per heavy atom. The van der Waals surface area contributed by atoms with Gasteiger partial charge in [0.15, 0.2) is 17.3 Å². The maximum Gasteiger partial charge on any atom is 0.315 e. The van der Waals surface area contributed by atoms with Crippen molar-refractivity contribution in [2.75, 3.05) is 13.7 Å². The fraction of sp³-hybridized carbons (Fsp3) is 0.200. The summed E-state index contributed by atoms with van der Waals surface area (Å²) in [5.74, 6) is -0.194. The zero-order chi connectivity index (χ0) is 18.5. The molecule has 0 aliphatic heterocycles. The Labute approximate surface area is 150 Å². The molecule has 0 bridgehead atoms. The number of benzene rings is 2. The molecule has 0 amide bonds. The molecule has 0 fully saturated rings. The number of hydrogen-bond donors (Lipinski definition) is 0. The van der Waals surface area contributed by atoms with Crippen LogP contribution in [0.3, 0.4) is 0 Å². The van der Waals surface area contributed by atoms with Crippen LogP contribution in [0.25, 0.3) is 22.6 Å². The molecular formula is C20H18FNO4. The van der Waals surface area contributed by atoms with Crippen LogP contribution in [-0.4, -0.2) is 24.7 Å². The second-order valence-electron chi connectivity index (χ2n) is 5.48. The normalized spacial score (nSPS) is 10.6. The van der Waals surface area contributed by atoms with Crippen molar-refractivity contribution >= 4 is 5.97 Å². The molecule has 0 spiro atoms. The highest BCUT2D eigenvalue weighted by Crippen LogP contribution is 2.34. The summed E-state index contributed by atoms with van der Waals surface area (Å²) >= 11 is 0. The first-order valence-electron chi connectivity index (χ1n) is 8.17. The number of rotatable bonds is 6. The lowest BCUT2D eigenvalue weighted by Gasteiger charge is -2.05. The van der Waals surface area contributed by atoms with Gasteiger partial charge in [-0.15, -0.1) is 0 Å². The summed E-state index contributed by atoms with van der Waals surface area (Å²) in [7, 11) is 1.40. The van der Waals surface area contributed by atoms with Gasteiger partial charge in [-0.2, -0.15) is 0 Å². The Bertz CT molecular complexity index is 905. The summed E-state index contributed by atoms with van der Waals surface area (Å²) in [4.78, 5) is 16.2. The standard InChI is InChI=1S/C20H18FNO4/c1-3-25-18(23)12-17-22-19(13-7-5-4-6-8-13)20(26-17)14-9-10-16(24-2)15(21)11-14/h4-11H,3,12H2,1-2H3. The maximum atomic E-state index is 14.1. The minimum Gasteiger partial charge on any atom is -0.494 e. The number of carbonyl (C=O) groups is 1. The number of oxazole rings is 1. The second kappa shape index (κ2) is 7.82. The fourth-order valence-corrected chi connectivity index (χ4v) is 2.57. The van der Waals surface area contributed by atoms with Gasteiger partial charge >= 0.3 is 5.97 Å². The van der Waals surface area contributed by atoms with Gasteiger partial charge in [-0.05, 0) is 25.1 Å². The molecule has 1 heterocycles. The number of hydrogen-bond acceptors (Lipinski definition) is 5. The molecule has 3 rings (SSSR count). The number of methoxy groups -OCH3 is 1. The van der Waals surface area contributed by atoms with Crippen LogP contribution in [0.2, 0.25) is 0 Å². The van der Waals surface area contributed by atoms with Crippen LogP contribution in [0.4, 0.5) is 4.39 Å². The first-order valence-corrected chi connectivity index (χ1v) is 8.17. The third kappa shape index (κ3) is 3.74. The van der Waals surface area contributed by atoms with E-state index in [-0.39, 0.29) is 24.7 Å². The van der Waals surface area contributed by atoms with E-state index in [4.69, 9.17) is 13.9 Å². The minimum atomic E-state index is -0.507. The number of ether oxygens (including phenoxy) is 2. The van der Waals surface area contributed by atoms with Crippen molar-refractivity contribution in [2.24, 2.45) is 0 Å². The van der Waals surface area contributed by atoms with E-state index in [1.165, 1.54) is 19.2 Å². The molecule has 0 atom stereocenters. The van der Waals surface area contributed by atoms with E-state index in [9.17, 15) is 9.18 Å². The summed E-state index contributed by atoms with van der Waals surface area (Å²) in [6.45, 7) is 2.01. The van der Waals surface area contributed by atoms with Gasteiger partial charge in [0.25, 0.3) is 0 Å². The third-order valence-corrected chi connectivity index (χ3v) is 3.73. The smallest absolute Gasteiger partial charge is 0.315 e. The van der Waals surface area contributed by atoms with E-state index in [0.29, 0.717) is 17.0 Å². The van der Waals surface area contributed by atoms with Gasteiger partial charge in [-0.3, -0.25) is 4.79 Å². The van der Waals surface area contributed by atoms with E-state index >= 15 is 0 Å². The zero-order valence-corrected chi connectivity index (χ0v) is 14.5. The van der Waals surface area contributed by atoms with E-state index in [2.05, 4.69) is 4.98 Å². The molecule has 1 aromatic heterocycles. The van der Waals surface area contributed by atoms with Gasteiger partial charge < -0.3 is 13.9 Å². The average Bonchev–Trinajstić information content (AvgIpc) is 3.06. The lowest BCUT2D eigenvalue weighted by Crippen LogP contribution is -2.07. The second-order valence-corrected chi connectivity index (χ2v) is 5.48. The van der Waals surface area contributed by atoms with E-state index in [0.717, 1.165) is 5.56 Å². The highest BCUT2D eigenvalue weighted by atomic mass is 19.1. The van der Waals surface area contributed by atoms with Gasteiger partial charge in [0.1, 0.15) is 12.1 Å². The van der Waals surface area contributed by atoms with Crippen LogP contribution >= 0.6 is 0 Å². The van der Waals surface area contributed by atoms with E-state index in [1.807, 2.05) is 30.3 Å². The van der Waals surface area contributed by atoms with Crippen LogP contribution < -0.4 is 4.74 Å². The Kier molecular flexibility index (Phi) is 5.31. The molecule has 5 nitrogen and oxygen atoms in total. The van der Waals surface area contributed by atoms with E-state index < -0.39 is 11.8 Å². The number of nitrogens with zero attached hydrogens (tertiary/aromatic N) is 1. The van der Waals surface area contributed by atoms with Crippen molar-refractivity contribution < 1.29 is 23.1 Å². The number of aromatic nitrogens is 1. The fourth-order valence-electron chi connectivity index (χ4n) is 2.57. The van der Waals surface area contributed by atoms with Gasteiger partial charge in [-0.25, -0.2) is 9.37 Å². The largest absolute Gasteiger partial charge is 0.494 e. The molecular weight excluding hydrogens is 337 g/mol. The maximum absolute atomic E-state index is 14.1. The summed E-state index contributed by atoms with van der Waals surface area (Å²) in [5.41, 5.74) is 1.84. The summed E-state index contributed by atoms with van der Waals surface area (Å²) in [5, 5.41) is 0. The van der Waals surface area contributed by atoms with Crippen molar-refractivity contribution in [2.45, 2.75) is 13.3 Å². The van der Waals surface area contributed by atoms with E-state index in [1.54, 1.807) is 13.0 Å². The Hall–Kier alpha value is -3.15. The van der Waals surface area contributed by atoms with Gasteiger partial charge in [0.05, 0.1) is 13.7 Å². The minimum absolute atomic E-state index is 0.0910. The molecule has 134 valence electrons. The highest BCUT2D eigenvalue weighted by molar-refractivity contribution is 5.78. The van der Waals surface area contributed by atoms with Gasteiger partial charge in [0.2, 0.25) is 5.89 Å². The topological polar surface area (TPSA) is 61.6 Å². The SMILES string of the molecule is CCOC(=O)Cc1nc(-c2ccccc2)c(-c2ccc(OC)c(F)c2)o1. The van der Waals surface area contributed by atoms with Crippen LogP contribution in [-0.2, 0) is 16.0 Å².